The van der Waals surface area contributed by atoms with E-state index in [2.05, 4.69) is 34.5 Å². The van der Waals surface area contributed by atoms with Gasteiger partial charge in [0.05, 0.1) is 18.3 Å². The Balaban J connectivity index is 1.21. The second kappa shape index (κ2) is 8.29. The maximum Gasteiger partial charge on any atom is 0.219 e. The van der Waals surface area contributed by atoms with E-state index < -0.39 is 0 Å². The molecule has 5 nitrogen and oxygen atoms in total. The maximum atomic E-state index is 11.7. The molecule has 4 rings (SSSR count). The highest BCUT2D eigenvalue weighted by Gasteiger charge is 2.62. The molecule has 148 valence electrons. The normalized spacial score (nSPS) is 32.0. The van der Waals surface area contributed by atoms with Crippen LogP contribution in [0.2, 0.25) is 0 Å². The molecule has 3 fully saturated rings. The summed E-state index contributed by atoms with van der Waals surface area (Å²) in [7, 11) is 0. The van der Waals surface area contributed by atoms with Crippen LogP contribution in [0.3, 0.4) is 0 Å². The minimum absolute atomic E-state index is 0.0527. The molecule has 5 heteroatoms. The molecule has 1 aromatic rings. The molecule has 3 heterocycles. The fourth-order valence-corrected chi connectivity index (χ4v) is 5.24. The van der Waals surface area contributed by atoms with Crippen LogP contribution in [0, 0.1) is 11.8 Å². The van der Waals surface area contributed by atoms with Crippen LogP contribution in [0.1, 0.15) is 38.2 Å². The number of amides is 1. The van der Waals surface area contributed by atoms with Gasteiger partial charge in [-0.2, -0.15) is 0 Å². The van der Waals surface area contributed by atoms with Crippen LogP contribution in [0.15, 0.2) is 30.3 Å². The summed E-state index contributed by atoms with van der Waals surface area (Å²) in [5, 5.41) is 3.10. The van der Waals surface area contributed by atoms with Crippen molar-refractivity contribution in [3.63, 3.8) is 0 Å². The predicted octanol–water partition coefficient (Wildman–Crippen LogP) is 2.60. The summed E-state index contributed by atoms with van der Waals surface area (Å²) in [5.41, 5.74) is 1.28. The number of hydrogen-bond donors (Lipinski definition) is 1. The second-order valence-electron chi connectivity index (χ2n) is 8.31. The molecule has 0 saturated carbocycles. The van der Waals surface area contributed by atoms with Crippen molar-refractivity contribution in [3.05, 3.63) is 35.9 Å². The second-order valence-corrected chi connectivity index (χ2v) is 8.31. The van der Waals surface area contributed by atoms with Crippen LogP contribution in [0.25, 0.3) is 0 Å². The summed E-state index contributed by atoms with van der Waals surface area (Å²) < 4.78 is 12.3. The third-order valence-electron chi connectivity index (χ3n) is 6.58. The Morgan fingerprint density at radius 2 is 2.22 bits per heavy atom. The molecular formula is C22H32N2O3. The van der Waals surface area contributed by atoms with Gasteiger partial charge in [-0.15, -0.1) is 0 Å². The fraction of sp³-hybridized carbons (Fsp3) is 0.682. The van der Waals surface area contributed by atoms with E-state index in [0.29, 0.717) is 31.0 Å². The highest BCUT2D eigenvalue weighted by molar-refractivity contribution is 5.75. The Bertz CT molecular complexity index is 638. The van der Waals surface area contributed by atoms with E-state index in [9.17, 15) is 4.79 Å². The Labute approximate surface area is 162 Å². The average molecular weight is 373 g/mol. The van der Waals surface area contributed by atoms with E-state index >= 15 is 0 Å². The standard InChI is InChI=1S/C22H32N2O3/c1-2-21(25)23-13-18-19-14-24(16-22(19)10-9-20(18)27-22)11-6-12-26-15-17-7-4-3-5-8-17/h3-5,7-8,18-20H,2,6,9-16H2,1H3,(H,23,25)/t18-,19+,20+,22+/m0/s1. The van der Waals surface area contributed by atoms with Crippen molar-refractivity contribution in [2.45, 2.75) is 50.9 Å². The van der Waals surface area contributed by atoms with Crippen molar-refractivity contribution in [2.75, 3.05) is 32.8 Å². The lowest BCUT2D eigenvalue weighted by Crippen LogP contribution is -2.41. The quantitative estimate of drug-likeness (QED) is 0.677. The molecule has 3 aliphatic rings. The fourth-order valence-electron chi connectivity index (χ4n) is 5.24. The third-order valence-corrected chi connectivity index (χ3v) is 6.58. The third kappa shape index (κ3) is 4.05. The van der Waals surface area contributed by atoms with Crippen molar-refractivity contribution in [1.82, 2.24) is 10.2 Å². The van der Waals surface area contributed by atoms with Crippen LogP contribution in [-0.4, -0.2) is 55.3 Å². The van der Waals surface area contributed by atoms with E-state index in [-0.39, 0.29) is 11.5 Å². The smallest absolute Gasteiger partial charge is 0.219 e. The van der Waals surface area contributed by atoms with Crippen LogP contribution >= 0.6 is 0 Å². The van der Waals surface area contributed by atoms with Gasteiger partial charge < -0.3 is 14.8 Å². The molecule has 3 saturated heterocycles. The lowest BCUT2D eigenvalue weighted by Gasteiger charge is -2.29. The number of carbonyl (C=O) groups is 1. The number of carbonyl (C=O) groups excluding carboxylic acids is 1. The lowest BCUT2D eigenvalue weighted by atomic mass is 9.73. The number of nitrogens with zero attached hydrogens (tertiary/aromatic N) is 1. The van der Waals surface area contributed by atoms with Gasteiger partial charge in [0.1, 0.15) is 0 Å². The molecule has 0 radical (unpaired) electrons. The largest absolute Gasteiger partial charge is 0.377 e. The monoisotopic (exact) mass is 372 g/mol. The van der Waals surface area contributed by atoms with Gasteiger partial charge >= 0.3 is 0 Å². The molecule has 1 amide bonds. The molecular weight excluding hydrogens is 340 g/mol. The van der Waals surface area contributed by atoms with E-state index in [4.69, 9.17) is 9.47 Å². The maximum absolute atomic E-state index is 11.7. The number of rotatable bonds is 9. The minimum Gasteiger partial charge on any atom is -0.377 e. The molecule has 0 unspecified atom stereocenters. The Morgan fingerprint density at radius 1 is 1.37 bits per heavy atom. The molecule has 1 spiro atoms. The molecule has 3 aliphatic heterocycles. The zero-order valence-corrected chi connectivity index (χ0v) is 16.4. The van der Waals surface area contributed by atoms with Crippen molar-refractivity contribution in [2.24, 2.45) is 11.8 Å². The topological polar surface area (TPSA) is 50.8 Å². The number of nitrogens with one attached hydrogen (secondary N) is 1. The minimum atomic E-state index is 0.0527. The summed E-state index contributed by atoms with van der Waals surface area (Å²) in [6.07, 6.45) is 4.29. The highest BCUT2D eigenvalue weighted by atomic mass is 16.5. The molecule has 0 aromatic heterocycles. The van der Waals surface area contributed by atoms with Gasteiger partial charge in [0.2, 0.25) is 5.91 Å². The molecule has 2 bridgehead atoms. The van der Waals surface area contributed by atoms with Gasteiger partial charge in [0.15, 0.2) is 0 Å². The SMILES string of the molecule is CCC(=O)NC[C@H]1[C@H]2CN(CCCOCc3ccccc3)C[C@]23CC[C@H]1O3. The molecule has 27 heavy (non-hydrogen) atoms. The van der Waals surface area contributed by atoms with Gasteiger partial charge in [-0.3, -0.25) is 9.69 Å². The zero-order valence-electron chi connectivity index (χ0n) is 16.4. The lowest BCUT2D eigenvalue weighted by molar-refractivity contribution is -0.121. The number of ether oxygens (including phenoxy) is 2. The van der Waals surface area contributed by atoms with Crippen molar-refractivity contribution in [3.8, 4) is 0 Å². The van der Waals surface area contributed by atoms with Crippen molar-refractivity contribution >= 4 is 5.91 Å². The first-order chi connectivity index (χ1) is 13.2. The van der Waals surface area contributed by atoms with Gasteiger partial charge in [-0.25, -0.2) is 0 Å². The zero-order chi connectivity index (χ0) is 18.7. The van der Waals surface area contributed by atoms with Crippen LogP contribution < -0.4 is 5.32 Å². The van der Waals surface area contributed by atoms with Crippen LogP contribution in [0.4, 0.5) is 0 Å². The van der Waals surface area contributed by atoms with Gasteiger partial charge in [-0.1, -0.05) is 37.3 Å². The van der Waals surface area contributed by atoms with Gasteiger partial charge in [0, 0.05) is 51.0 Å². The Kier molecular flexibility index (Phi) is 5.81. The number of benzene rings is 1. The van der Waals surface area contributed by atoms with Crippen molar-refractivity contribution in [1.29, 1.82) is 0 Å². The summed E-state index contributed by atoms with van der Waals surface area (Å²) >= 11 is 0. The first kappa shape index (κ1) is 18.9. The summed E-state index contributed by atoms with van der Waals surface area (Å²) in [6.45, 7) is 7.38. The average Bonchev–Trinajstić information content (AvgIpc) is 3.34. The highest BCUT2D eigenvalue weighted by Crippen LogP contribution is 2.54. The molecule has 1 aromatic carbocycles. The summed E-state index contributed by atoms with van der Waals surface area (Å²) in [6, 6.07) is 10.3. The summed E-state index contributed by atoms with van der Waals surface area (Å²) in [4.78, 5) is 14.2. The first-order valence-corrected chi connectivity index (χ1v) is 10.5. The summed E-state index contributed by atoms with van der Waals surface area (Å²) in [5.74, 6) is 1.20. The van der Waals surface area contributed by atoms with E-state index in [1.54, 1.807) is 0 Å². The first-order valence-electron chi connectivity index (χ1n) is 10.5. The molecule has 4 atom stereocenters. The van der Waals surface area contributed by atoms with Gasteiger partial charge in [0.25, 0.3) is 0 Å². The van der Waals surface area contributed by atoms with E-state index in [0.717, 1.165) is 45.6 Å². The number of hydrogen-bond acceptors (Lipinski definition) is 4. The number of likely N-dealkylation sites (tertiary alicyclic amines) is 1. The molecule has 1 N–H and O–H groups in total. The molecule has 0 aliphatic carbocycles. The number of fused-ring (bicyclic) bond motifs is 1. The van der Waals surface area contributed by atoms with Gasteiger partial charge in [-0.05, 0) is 24.8 Å². The van der Waals surface area contributed by atoms with E-state index in [1.165, 1.54) is 12.0 Å². The van der Waals surface area contributed by atoms with Crippen LogP contribution in [0.5, 0.6) is 0 Å². The Morgan fingerprint density at radius 3 is 3.04 bits per heavy atom. The Hall–Kier alpha value is -1.43. The predicted molar refractivity (Wildman–Crippen MR) is 104 cm³/mol. The van der Waals surface area contributed by atoms with Crippen LogP contribution in [-0.2, 0) is 20.9 Å². The van der Waals surface area contributed by atoms with Crippen molar-refractivity contribution < 1.29 is 14.3 Å². The van der Waals surface area contributed by atoms with E-state index in [1.807, 2.05) is 13.0 Å².